The number of hydrogen-bond acceptors (Lipinski definition) is 4. The van der Waals surface area contributed by atoms with Gasteiger partial charge in [0, 0.05) is 32.1 Å². The van der Waals surface area contributed by atoms with E-state index in [9.17, 15) is 4.79 Å². The maximum atomic E-state index is 12.0. The molecule has 1 saturated carbocycles. The van der Waals surface area contributed by atoms with E-state index in [1.807, 2.05) is 0 Å². The molecule has 0 aromatic heterocycles. The summed E-state index contributed by atoms with van der Waals surface area (Å²) in [5.41, 5.74) is 1.32. The van der Waals surface area contributed by atoms with Crippen molar-refractivity contribution in [1.82, 2.24) is 15.1 Å². The molecule has 1 saturated heterocycles. The molecule has 0 bridgehead atoms. The van der Waals surface area contributed by atoms with E-state index < -0.39 is 0 Å². The van der Waals surface area contributed by atoms with E-state index >= 15 is 0 Å². The fraction of sp³-hybridized carbons (Fsp3) is 0.696. The van der Waals surface area contributed by atoms with Gasteiger partial charge in [0.15, 0.2) is 0 Å². The minimum Gasteiger partial charge on any atom is -0.494 e. The molecule has 1 amide bonds. The molecule has 1 unspecified atom stereocenters. The lowest BCUT2D eigenvalue weighted by molar-refractivity contribution is -0.121. The SMILES string of the molecule is CN(C)CCCOc1cccc(CN2CCCC(CCC(=O)NC3CC3)C2)c1. The third-order valence-corrected chi connectivity index (χ3v) is 5.65. The third kappa shape index (κ3) is 7.80. The van der Waals surface area contributed by atoms with Gasteiger partial charge in [-0.05, 0) is 82.8 Å². The van der Waals surface area contributed by atoms with Crippen molar-refractivity contribution in [2.45, 2.75) is 57.5 Å². The number of ether oxygens (including phenoxy) is 1. The molecule has 156 valence electrons. The normalized spacial score (nSPS) is 20.3. The van der Waals surface area contributed by atoms with Crippen LogP contribution in [0, 0.1) is 5.92 Å². The first-order valence-corrected chi connectivity index (χ1v) is 11.0. The van der Waals surface area contributed by atoms with Gasteiger partial charge in [-0.1, -0.05) is 12.1 Å². The first-order chi connectivity index (χ1) is 13.6. The molecule has 1 aliphatic heterocycles. The second-order valence-electron chi connectivity index (χ2n) is 8.78. The highest BCUT2D eigenvalue weighted by Gasteiger charge is 2.24. The first-order valence-electron chi connectivity index (χ1n) is 11.0. The summed E-state index contributed by atoms with van der Waals surface area (Å²) in [4.78, 5) is 16.7. The number of likely N-dealkylation sites (tertiary alicyclic amines) is 1. The maximum absolute atomic E-state index is 12.0. The molecule has 1 atom stereocenters. The van der Waals surface area contributed by atoms with Gasteiger partial charge in [-0.2, -0.15) is 0 Å². The summed E-state index contributed by atoms with van der Waals surface area (Å²) >= 11 is 0. The highest BCUT2D eigenvalue weighted by atomic mass is 16.5. The lowest BCUT2D eigenvalue weighted by Gasteiger charge is -2.32. The Kier molecular flexibility index (Phi) is 8.16. The van der Waals surface area contributed by atoms with Crippen LogP contribution in [0.2, 0.25) is 0 Å². The minimum atomic E-state index is 0.249. The van der Waals surface area contributed by atoms with Crippen LogP contribution < -0.4 is 10.1 Å². The Bertz CT molecular complexity index is 616. The van der Waals surface area contributed by atoms with Crippen LogP contribution in [0.25, 0.3) is 0 Å². The highest BCUT2D eigenvalue weighted by molar-refractivity contribution is 5.76. The summed E-state index contributed by atoms with van der Waals surface area (Å²) in [5, 5.41) is 3.11. The zero-order valence-corrected chi connectivity index (χ0v) is 17.7. The van der Waals surface area contributed by atoms with Gasteiger partial charge in [0.2, 0.25) is 5.91 Å². The zero-order chi connectivity index (χ0) is 19.8. The smallest absolute Gasteiger partial charge is 0.220 e. The molecule has 1 heterocycles. The van der Waals surface area contributed by atoms with E-state index in [1.54, 1.807) is 0 Å². The van der Waals surface area contributed by atoms with Gasteiger partial charge in [0.1, 0.15) is 5.75 Å². The van der Waals surface area contributed by atoms with Crippen LogP contribution >= 0.6 is 0 Å². The number of amides is 1. The zero-order valence-electron chi connectivity index (χ0n) is 17.7. The number of benzene rings is 1. The predicted molar refractivity (Wildman–Crippen MR) is 114 cm³/mol. The average Bonchev–Trinajstić information content (AvgIpc) is 3.48. The molecule has 5 heteroatoms. The molecule has 2 fully saturated rings. The second kappa shape index (κ2) is 10.8. The number of hydrogen-bond donors (Lipinski definition) is 1. The maximum Gasteiger partial charge on any atom is 0.220 e. The number of nitrogens with zero attached hydrogens (tertiary/aromatic N) is 2. The number of carbonyl (C=O) groups excluding carboxylic acids is 1. The molecule has 1 aromatic carbocycles. The molecule has 0 spiro atoms. The summed E-state index contributed by atoms with van der Waals surface area (Å²) < 4.78 is 5.92. The van der Waals surface area contributed by atoms with Crippen LogP contribution in [0.1, 0.15) is 50.5 Å². The topological polar surface area (TPSA) is 44.8 Å². The van der Waals surface area contributed by atoms with E-state index in [1.165, 1.54) is 31.2 Å². The van der Waals surface area contributed by atoms with Crippen molar-refractivity contribution < 1.29 is 9.53 Å². The highest BCUT2D eigenvalue weighted by Crippen LogP contribution is 2.24. The molecule has 1 aliphatic carbocycles. The standard InChI is InChI=1S/C23H37N3O2/c1-25(2)13-5-15-28-22-8-3-6-20(16-22)18-26-14-4-7-19(17-26)9-12-23(27)24-21-10-11-21/h3,6,8,16,19,21H,4-5,7,9-15,17-18H2,1-2H3,(H,24,27). The van der Waals surface area contributed by atoms with Crippen molar-refractivity contribution in [3.63, 3.8) is 0 Å². The summed E-state index contributed by atoms with van der Waals surface area (Å²) in [6.45, 7) is 5.03. The van der Waals surface area contributed by atoms with Gasteiger partial charge >= 0.3 is 0 Å². The fourth-order valence-electron chi connectivity index (χ4n) is 3.96. The summed E-state index contributed by atoms with van der Waals surface area (Å²) in [5.74, 6) is 1.87. The van der Waals surface area contributed by atoms with Crippen LogP contribution in [0.4, 0.5) is 0 Å². The Morgan fingerprint density at radius 1 is 1.29 bits per heavy atom. The molecule has 1 N–H and O–H groups in total. The number of nitrogens with one attached hydrogen (secondary N) is 1. The van der Waals surface area contributed by atoms with Crippen molar-refractivity contribution in [2.75, 3.05) is 40.3 Å². The Morgan fingerprint density at radius 2 is 2.14 bits per heavy atom. The van der Waals surface area contributed by atoms with Crippen LogP contribution in [0.15, 0.2) is 24.3 Å². The predicted octanol–water partition coefficient (Wildman–Crippen LogP) is 3.29. The quantitative estimate of drug-likeness (QED) is 0.592. The Balaban J connectivity index is 1.40. The van der Waals surface area contributed by atoms with Gasteiger partial charge in [-0.25, -0.2) is 0 Å². The van der Waals surface area contributed by atoms with Crippen LogP contribution in [-0.4, -0.2) is 62.1 Å². The van der Waals surface area contributed by atoms with Crippen molar-refractivity contribution in [3.05, 3.63) is 29.8 Å². The van der Waals surface area contributed by atoms with Crippen LogP contribution in [0.3, 0.4) is 0 Å². The molecular weight excluding hydrogens is 350 g/mol. The Labute approximate surface area is 170 Å². The largest absolute Gasteiger partial charge is 0.494 e. The van der Waals surface area contributed by atoms with Gasteiger partial charge in [-0.15, -0.1) is 0 Å². The molecule has 0 radical (unpaired) electrons. The monoisotopic (exact) mass is 387 g/mol. The van der Waals surface area contributed by atoms with E-state index in [0.717, 1.165) is 51.4 Å². The van der Waals surface area contributed by atoms with Crippen molar-refractivity contribution >= 4 is 5.91 Å². The molecule has 2 aliphatic rings. The van der Waals surface area contributed by atoms with Gasteiger partial charge in [0.05, 0.1) is 6.61 Å². The lowest BCUT2D eigenvalue weighted by Crippen LogP contribution is -2.35. The Morgan fingerprint density at radius 3 is 2.93 bits per heavy atom. The van der Waals surface area contributed by atoms with E-state index in [0.29, 0.717) is 18.4 Å². The lowest BCUT2D eigenvalue weighted by atomic mass is 9.93. The first kappa shape index (κ1) is 21.1. The molecule has 1 aromatic rings. The van der Waals surface area contributed by atoms with Crippen LogP contribution in [0.5, 0.6) is 5.75 Å². The van der Waals surface area contributed by atoms with Crippen molar-refractivity contribution in [2.24, 2.45) is 5.92 Å². The van der Waals surface area contributed by atoms with Gasteiger partial charge in [0.25, 0.3) is 0 Å². The van der Waals surface area contributed by atoms with Gasteiger partial charge < -0.3 is 15.0 Å². The molecular formula is C23H37N3O2. The average molecular weight is 388 g/mol. The molecule has 28 heavy (non-hydrogen) atoms. The molecule has 3 rings (SSSR count). The summed E-state index contributed by atoms with van der Waals surface area (Å²) in [7, 11) is 4.18. The van der Waals surface area contributed by atoms with E-state index in [-0.39, 0.29) is 5.91 Å². The second-order valence-corrected chi connectivity index (χ2v) is 8.78. The minimum absolute atomic E-state index is 0.249. The Hall–Kier alpha value is -1.59. The van der Waals surface area contributed by atoms with E-state index in [4.69, 9.17) is 4.74 Å². The van der Waals surface area contributed by atoms with Crippen LogP contribution in [-0.2, 0) is 11.3 Å². The molecule has 5 nitrogen and oxygen atoms in total. The van der Waals surface area contributed by atoms with Crippen molar-refractivity contribution in [3.8, 4) is 5.75 Å². The number of piperidine rings is 1. The van der Waals surface area contributed by atoms with Crippen molar-refractivity contribution in [1.29, 1.82) is 0 Å². The number of carbonyl (C=O) groups is 1. The fourth-order valence-corrected chi connectivity index (χ4v) is 3.96. The van der Waals surface area contributed by atoms with Gasteiger partial charge in [-0.3, -0.25) is 9.69 Å². The number of rotatable bonds is 11. The summed E-state index contributed by atoms with van der Waals surface area (Å²) in [6, 6.07) is 9.01. The third-order valence-electron chi connectivity index (χ3n) is 5.65. The summed E-state index contributed by atoms with van der Waals surface area (Å²) in [6.07, 6.45) is 7.56. The van der Waals surface area contributed by atoms with E-state index in [2.05, 4.69) is 53.5 Å².